The third-order valence-electron chi connectivity index (χ3n) is 6.81. The van der Waals surface area contributed by atoms with Gasteiger partial charge in [-0.2, -0.15) is 0 Å². The summed E-state index contributed by atoms with van der Waals surface area (Å²) in [6.07, 6.45) is 2.44. The summed E-state index contributed by atoms with van der Waals surface area (Å²) in [6.45, 7) is 11.7. The van der Waals surface area contributed by atoms with E-state index in [1.807, 2.05) is 0 Å². The average molecular weight is 386 g/mol. The van der Waals surface area contributed by atoms with Crippen LogP contribution in [0.15, 0.2) is 76.4 Å². The van der Waals surface area contributed by atoms with Crippen molar-refractivity contribution in [2.75, 3.05) is 7.11 Å². The maximum absolute atomic E-state index is 5.73. The molecule has 2 aliphatic carbocycles. The van der Waals surface area contributed by atoms with Crippen molar-refractivity contribution < 1.29 is 4.74 Å². The molecule has 0 bridgehead atoms. The monoisotopic (exact) mass is 385 g/mol. The Morgan fingerprint density at radius 1 is 0.893 bits per heavy atom. The molecule has 0 heterocycles. The van der Waals surface area contributed by atoms with E-state index in [0.29, 0.717) is 5.92 Å². The van der Waals surface area contributed by atoms with E-state index in [9.17, 15) is 0 Å². The maximum Gasteiger partial charge on any atom is 0.118 e. The fraction of sp³-hybridized carbons (Fsp3) is 0.269. The largest absolute Gasteiger partial charge is 0.497 e. The fourth-order valence-corrected chi connectivity index (χ4v) is 7.70. The molecule has 1 nitrogen and oxygen atoms in total. The van der Waals surface area contributed by atoms with Crippen molar-refractivity contribution in [3.63, 3.8) is 0 Å². The Morgan fingerprint density at radius 3 is 2.25 bits per heavy atom. The number of ether oxygens (including phenoxy) is 1. The SMILES string of the molecule is COc1ccccc1[SiH](C)C1=C(C2=C(C)C(C)=C(C)C2C)[CH]c2ccccc21. The third-order valence-corrected chi connectivity index (χ3v) is 9.71. The lowest BCUT2D eigenvalue weighted by atomic mass is 9.90. The zero-order valence-electron chi connectivity index (χ0n) is 17.8. The molecule has 143 valence electrons. The second-order valence-electron chi connectivity index (χ2n) is 8.09. The van der Waals surface area contributed by atoms with E-state index in [2.05, 4.69) is 89.2 Å². The Bertz CT molecular complexity index is 1040. The number of benzene rings is 2. The number of allylic oxidation sites excluding steroid dienone is 5. The van der Waals surface area contributed by atoms with E-state index in [-0.39, 0.29) is 0 Å². The first kappa shape index (κ1) is 19.0. The number of hydrogen-bond donors (Lipinski definition) is 0. The zero-order chi connectivity index (χ0) is 20.0. The number of fused-ring (bicyclic) bond motifs is 1. The van der Waals surface area contributed by atoms with Crippen LogP contribution in [0.4, 0.5) is 0 Å². The summed E-state index contributed by atoms with van der Waals surface area (Å²) < 4.78 is 5.73. The summed E-state index contributed by atoms with van der Waals surface area (Å²) in [5.41, 5.74) is 10.2. The normalized spacial score (nSPS) is 20.1. The Hall–Kier alpha value is -2.32. The number of hydrogen-bond acceptors (Lipinski definition) is 1. The summed E-state index contributed by atoms with van der Waals surface area (Å²) in [5.74, 6) is 1.50. The minimum atomic E-state index is -1.45. The highest BCUT2D eigenvalue weighted by Gasteiger charge is 2.34. The molecular weight excluding hydrogens is 356 g/mol. The molecule has 4 rings (SSSR count). The summed E-state index contributed by atoms with van der Waals surface area (Å²) in [5, 5.41) is 2.94. The van der Waals surface area contributed by atoms with Gasteiger partial charge in [-0.1, -0.05) is 61.5 Å². The molecule has 0 saturated heterocycles. The van der Waals surface area contributed by atoms with Gasteiger partial charge in [-0.25, -0.2) is 0 Å². The van der Waals surface area contributed by atoms with Gasteiger partial charge >= 0.3 is 0 Å². The molecule has 2 aliphatic rings. The summed E-state index contributed by atoms with van der Waals surface area (Å²) in [4.78, 5) is 0. The predicted octanol–water partition coefficient (Wildman–Crippen LogP) is 5.62. The van der Waals surface area contributed by atoms with Crippen LogP contribution >= 0.6 is 0 Å². The molecule has 2 unspecified atom stereocenters. The maximum atomic E-state index is 5.73. The van der Waals surface area contributed by atoms with Crippen LogP contribution in [0, 0.1) is 12.3 Å². The van der Waals surface area contributed by atoms with E-state index < -0.39 is 8.80 Å². The van der Waals surface area contributed by atoms with Gasteiger partial charge in [0.05, 0.1) is 7.11 Å². The molecule has 2 aromatic carbocycles. The first-order valence-corrected chi connectivity index (χ1v) is 12.5. The van der Waals surface area contributed by atoms with Crippen LogP contribution in [0.2, 0.25) is 6.55 Å². The van der Waals surface area contributed by atoms with E-state index in [1.165, 1.54) is 44.2 Å². The van der Waals surface area contributed by atoms with Gasteiger partial charge in [-0.05, 0) is 70.6 Å². The molecule has 0 N–H and O–H groups in total. The summed E-state index contributed by atoms with van der Waals surface area (Å²) in [7, 11) is 0.338. The first-order chi connectivity index (χ1) is 13.5. The molecule has 0 fully saturated rings. The molecule has 2 aromatic rings. The van der Waals surface area contributed by atoms with Gasteiger partial charge in [-0.15, -0.1) is 0 Å². The molecule has 0 aliphatic heterocycles. The molecule has 0 spiro atoms. The van der Waals surface area contributed by atoms with E-state index >= 15 is 0 Å². The van der Waals surface area contributed by atoms with Gasteiger partial charge in [0.2, 0.25) is 0 Å². The summed E-state index contributed by atoms with van der Waals surface area (Å²) in [6, 6.07) is 17.5. The zero-order valence-corrected chi connectivity index (χ0v) is 18.9. The first-order valence-electron chi connectivity index (χ1n) is 10.2. The van der Waals surface area contributed by atoms with Crippen molar-refractivity contribution >= 4 is 19.2 Å². The number of para-hydroxylation sites is 1. The number of rotatable bonds is 4. The van der Waals surface area contributed by atoms with Gasteiger partial charge in [0.25, 0.3) is 0 Å². The molecule has 0 amide bonds. The van der Waals surface area contributed by atoms with Gasteiger partial charge in [0.1, 0.15) is 14.5 Å². The van der Waals surface area contributed by atoms with Gasteiger partial charge in [-0.3, -0.25) is 0 Å². The third kappa shape index (κ3) is 2.82. The van der Waals surface area contributed by atoms with Crippen LogP contribution in [0.5, 0.6) is 5.75 Å². The Balaban J connectivity index is 1.93. The Kier molecular flexibility index (Phi) is 4.92. The van der Waals surface area contributed by atoms with Crippen LogP contribution in [0.1, 0.15) is 38.8 Å². The predicted molar refractivity (Wildman–Crippen MR) is 123 cm³/mol. The highest BCUT2D eigenvalue weighted by Crippen LogP contribution is 2.48. The molecule has 0 aromatic heterocycles. The molecule has 1 radical (unpaired) electrons. The van der Waals surface area contributed by atoms with Crippen LogP contribution in [0.3, 0.4) is 0 Å². The Labute approximate surface area is 171 Å². The highest BCUT2D eigenvalue weighted by molar-refractivity contribution is 6.90. The van der Waals surface area contributed by atoms with Gasteiger partial charge in [0.15, 0.2) is 0 Å². The minimum Gasteiger partial charge on any atom is -0.497 e. The molecule has 2 atom stereocenters. The lowest BCUT2D eigenvalue weighted by Gasteiger charge is -2.21. The highest BCUT2D eigenvalue weighted by atomic mass is 28.3. The van der Waals surface area contributed by atoms with Crippen molar-refractivity contribution in [1.29, 1.82) is 0 Å². The standard InChI is InChI=1S/C26H29OSi/c1-16-17(2)19(4)25(18(16)3)22-15-20-11-7-8-12-21(20)26(22)28(6)24-14-10-9-13-23(24)27-5/h7-15,18,28H,1-6H3. The smallest absolute Gasteiger partial charge is 0.118 e. The molecule has 28 heavy (non-hydrogen) atoms. The molecular formula is C26H29OSi. The van der Waals surface area contributed by atoms with E-state index in [1.54, 1.807) is 12.3 Å². The van der Waals surface area contributed by atoms with E-state index in [4.69, 9.17) is 4.74 Å². The Morgan fingerprint density at radius 2 is 1.57 bits per heavy atom. The molecule has 2 heteroatoms. The average Bonchev–Trinajstić information content (AvgIpc) is 3.18. The molecule has 0 saturated carbocycles. The van der Waals surface area contributed by atoms with Crippen molar-refractivity contribution in [3.05, 3.63) is 93.9 Å². The quantitative estimate of drug-likeness (QED) is 0.621. The van der Waals surface area contributed by atoms with Gasteiger partial charge < -0.3 is 4.74 Å². The topological polar surface area (TPSA) is 9.23 Å². The second-order valence-corrected chi connectivity index (χ2v) is 10.7. The van der Waals surface area contributed by atoms with Crippen LogP contribution in [0.25, 0.3) is 5.20 Å². The minimum absolute atomic E-state index is 0.481. The van der Waals surface area contributed by atoms with Gasteiger partial charge in [0, 0.05) is 12.3 Å². The van der Waals surface area contributed by atoms with Crippen LogP contribution in [-0.2, 0) is 0 Å². The number of methoxy groups -OCH3 is 1. The van der Waals surface area contributed by atoms with Crippen molar-refractivity contribution in [2.24, 2.45) is 5.92 Å². The summed E-state index contributed by atoms with van der Waals surface area (Å²) >= 11 is 0. The fourth-order valence-electron chi connectivity index (χ4n) is 4.91. The van der Waals surface area contributed by atoms with Crippen molar-refractivity contribution in [1.82, 2.24) is 0 Å². The second kappa shape index (κ2) is 7.25. The van der Waals surface area contributed by atoms with Crippen molar-refractivity contribution in [2.45, 2.75) is 34.2 Å². The van der Waals surface area contributed by atoms with E-state index in [0.717, 1.165) is 5.75 Å². The van der Waals surface area contributed by atoms with Crippen molar-refractivity contribution in [3.8, 4) is 5.75 Å². The van der Waals surface area contributed by atoms with Crippen LogP contribution in [-0.4, -0.2) is 15.9 Å². The lowest BCUT2D eigenvalue weighted by molar-refractivity contribution is 0.418. The van der Waals surface area contributed by atoms with Crippen LogP contribution < -0.4 is 9.92 Å². The lowest BCUT2D eigenvalue weighted by Crippen LogP contribution is -2.30.